The highest BCUT2D eigenvalue weighted by atomic mass is 35.5. The first-order valence-corrected chi connectivity index (χ1v) is 14.1. The normalized spacial score (nSPS) is 15.4. The van der Waals surface area contributed by atoms with Crippen molar-refractivity contribution in [3.05, 3.63) is 83.0 Å². The van der Waals surface area contributed by atoms with Crippen LogP contribution in [0.2, 0.25) is 5.15 Å². The molecule has 10 nitrogen and oxygen atoms in total. The molecule has 3 heterocycles. The summed E-state index contributed by atoms with van der Waals surface area (Å²) in [6, 6.07) is 14.2. The molecule has 42 heavy (non-hydrogen) atoms. The highest BCUT2D eigenvalue weighted by Crippen LogP contribution is 2.26. The predicted molar refractivity (Wildman–Crippen MR) is 158 cm³/mol. The summed E-state index contributed by atoms with van der Waals surface area (Å²) in [7, 11) is 1.44. The number of aryl methyl sites for hydroxylation is 1. The van der Waals surface area contributed by atoms with E-state index >= 15 is 0 Å². The van der Waals surface area contributed by atoms with Gasteiger partial charge in [0.1, 0.15) is 23.3 Å². The fourth-order valence-electron chi connectivity index (χ4n) is 4.89. The van der Waals surface area contributed by atoms with E-state index in [1.54, 1.807) is 24.5 Å². The number of hydrogen-bond acceptors (Lipinski definition) is 8. The number of amides is 1. The predicted octanol–water partition coefficient (Wildman–Crippen LogP) is 4.25. The SMILES string of the molecule is COc1ccc(CN2CCN(c3cc(Cl)nc(-c4ncc[nH]4)n3)CC2CC(=O)NCCOc2ccc(C)cc2)cc1F. The molecule has 0 spiro atoms. The third kappa shape index (κ3) is 7.54. The second kappa shape index (κ2) is 13.6. The van der Waals surface area contributed by atoms with E-state index in [1.165, 1.54) is 13.2 Å². The van der Waals surface area contributed by atoms with E-state index in [0.717, 1.165) is 16.9 Å². The second-order valence-electron chi connectivity index (χ2n) is 10.1. The number of benzene rings is 2. The van der Waals surface area contributed by atoms with Crippen LogP contribution in [0.1, 0.15) is 17.5 Å². The second-order valence-corrected chi connectivity index (χ2v) is 10.5. The van der Waals surface area contributed by atoms with Crippen molar-refractivity contribution in [1.29, 1.82) is 0 Å². The first-order chi connectivity index (χ1) is 20.4. The average Bonchev–Trinajstić information content (AvgIpc) is 3.52. The quantitative estimate of drug-likeness (QED) is 0.196. The van der Waals surface area contributed by atoms with Crippen LogP contribution in [0.15, 0.2) is 60.9 Å². The maximum Gasteiger partial charge on any atom is 0.221 e. The van der Waals surface area contributed by atoms with Crippen molar-refractivity contribution in [2.75, 3.05) is 44.8 Å². The van der Waals surface area contributed by atoms with E-state index in [2.05, 4.69) is 35.1 Å². The number of aromatic amines is 1. The lowest BCUT2D eigenvalue weighted by atomic mass is 10.1. The number of nitrogens with one attached hydrogen (secondary N) is 2. The van der Waals surface area contributed by atoms with Gasteiger partial charge in [0, 0.05) is 57.1 Å². The molecular formula is C30H33ClFN7O3. The van der Waals surface area contributed by atoms with Crippen LogP contribution in [0, 0.1) is 12.7 Å². The fourth-order valence-corrected chi connectivity index (χ4v) is 5.06. The van der Waals surface area contributed by atoms with E-state index in [1.807, 2.05) is 37.3 Å². The minimum Gasteiger partial charge on any atom is -0.494 e. The van der Waals surface area contributed by atoms with E-state index < -0.39 is 5.82 Å². The van der Waals surface area contributed by atoms with Crippen LogP contribution in [-0.2, 0) is 11.3 Å². The molecule has 0 bridgehead atoms. The molecule has 1 aliphatic rings. The number of piperazine rings is 1. The number of nitrogens with zero attached hydrogens (tertiary/aromatic N) is 5. The molecule has 1 unspecified atom stereocenters. The van der Waals surface area contributed by atoms with Gasteiger partial charge in [0.25, 0.3) is 0 Å². The summed E-state index contributed by atoms with van der Waals surface area (Å²) in [5.74, 6) is 1.99. The van der Waals surface area contributed by atoms with E-state index in [9.17, 15) is 9.18 Å². The fraction of sp³-hybridized carbons (Fsp3) is 0.333. The zero-order valence-corrected chi connectivity index (χ0v) is 24.3. The summed E-state index contributed by atoms with van der Waals surface area (Å²) >= 11 is 6.35. The van der Waals surface area contributed by atoms with Gasteiger partial charge in [-0.3, -0.25) is 9.69 Å². The van der Waals surface area contributed by atoms with Crippen molar-refractivity contribution < 1.29 is 18.7 Å². The van der Waals surface area contributed by atoms with Crippen molar-refractivity contribution in [2.24, 2.45) is 0 Å². The summed E-state index contributed by atoms with van der Waals surface area (Å²) < 4.78 is 25.3. The Hall–Kier alpha value is -4.22. The molecular weight excluding hydrogens is 561 g/mol. The molecule has 220 valence electrons. The van der Waals surface area contributed by atoms with Crippen LogP contribution in [0.5, 0.6) is 11.5 Å². The largest absolute Gasteiger partial charge is 0.494 e. The Balaban J connectivity index is 1.27. The van der Waals surface area contributed by atoms with Crippen LogP contribution in [0.3, 0.4) is 0 Å². The molecule has 5 rings (SSSR count). The number of methoxy groups -OCH3 is 1. The van der Waals surface area contributed by atoms with Gasteiger partial charge < -0.3 is 24.7 Å². The lowest BCUT2D eigenvalue weighted by molar-refractivity contribution is -0.122. The van der Waals surface area contributed by atoms with E-state index in [0.29, 0.717) is 62.0 Å². The van der Waals surface area contributed by atoms with Crippen LogP contribution in [-0.4, -0.2) is 76.7 Å². The topological polar surface area (TPSA) is 109 Å². The molecule has 4 aromatic rings. The molecule has 0 saturated carbocycles. The van der Waals surface area contributed by atoms with Crippen LogP contribution >= 0.6 is 11.6 Å². The number of ether oxygens (including phenoxy) is 2. The van der Waals surface area contributed by atoms with Crippen molar-refractivity contribution in [2.45, 2.75) is 25.9 Å². The van der Waals surface area contributed by atoms with Crippen LogP contribution in [0.25, 0.3) is 11.6 Å². The number of imidazole rings is 1. The number of aromatic nitrogens is 4. The number of hydrogen-bond donors (Lipinski definition) is 2. The molecule has 0 radical (unpaired) electrons. The maximum absolute atomic E-state index is 14.4. The van der Waals surface area contributed by atoms with Crippen molar-refractivity contribution in [3.63, 3.8) is 0 Å². The van der Waals surface area contributed by atoms with Crippen molar-refractivity contribution in [1.82, 2.24) is 30.2 Å². The number of rotatable bonds is 11. The van der Waals surface area contributed by atoms with Gasteiger partial charge in [-0.15, -0.1) is 0 Å². The van der Waals surface area contributed by atoms with Crippen molar-refractivity contribution in [3.8, 4) is 23.1 Å². The molecule has 1 atom stereocenters. The molecule has 1 aliphatic heterocycles. The number of anilines is 1. The zero-order valence-electron chi connectivity index (χ0n) is 23.5. The zero-order chi connectivity index (χ0) is 29.5. The van der Waals surface area contributed by atoms with Crippen molar-refractivity contribution >= 4 is 23.3 Å². The number of H-pyrrole nitrogens is 1. The van der Waals surface area contributed by atoms with Gasteiger partial charge >= 0.3 is 0 Å². The van der Waals surface area contributed by atoms with E-state index in [4.69, 9.17) is 21.1 Å². The molecule has 1 amide bonds. The first kappa shape index (κ1) is 29.3. The third-order valence-electron chi connectivity index (χ3n) is 7.06. The summed E-state index contributed by atoms with van der Waals surface area (Å²) in [4.78, 5) is 33.6. The molecule has 12 heteroatoms. The summed E-state index contributed by atoms with van der Waals surface area (Å²) in [6.07, 6.45) is 3.56. The average molecular weight is 594 g/mol. The Bertz CT molecular complexity index is 1490. The van der Waals surface area contributed by atoms with Gasteiger partial charge in [0.05, 0.1) is 13.7 Å². The molecule has 0 aliphatic carbocycles. The summed E-state index contributed by atoms with van der Waals surface area (Å²) in [5, 5.41) is 3.26. The van der Waals surface area contributed by atoms with Gasteiger partial charge in [-0.25, -0.2) is 19.3 Å². The number of halogens is 2. The van der Waals surface area contributed by atoms with Gasteiger partial charge in [-0.1, -0.05) is 35.4 Å². The molecule has 1 saturated heterocycles. The highest BCUT2D eigenvalue weighted by molar-refractivity contribution is 6.29. The summed E-state index contributed by atoms with van der Waals surface area (Å²) in [5.41, 5.74) is 1.95. The monoisotopic (exact) mass is 593 g/mol. The third-order valence-corrected chi connectivity index (χ3v) is 7.25. The maximum atomic E-state index is 14.4. The van der Waals surface area contributed by atoms with Crippen LogP contribution in [0.4, 0.5) is 10.2 Å². The number of carbonyl (C=O) groups excluding carboxylic acids is 1. The Morgan fingerprint density at radius 3 is 2.74 bits per heavy atom. The van der Waals surface area contributed by atoms with Gasteiger partial charge in [0.15, 0.2) is 23.2 Å². The Morgan fingerprint density at radius 1 is 1.17 bits per heavy atom. The lowest BCUT2D eigenvalue weighted by Crippen LogP contribution is -2.54. The Kier molecular flexibility index (Phi) is 9.50. The molecule has 2 aromatic carbocycles. The number of carbonyl (C=O) groups is 1. The molecule has 2 aromatic heterocycles. The van der Waals surface area contributed by atoms with E-state index in [-0.39, 0.29) is 24.1 Å². The van der Waals surface area contributed by atoms with Crippen LogP contribution < -0.4 is 19.7 Å². The highest BCUT2D eigenvalue weighted by Gasteiger charge is 2.30. The Morgan fingerprint density at radius 2 is 2.00 bits per heavy atom. The smallest absolute Gasteiger partial charge is 0.221 e. The Labute approximate surface area is 248 Å². The lowest BCUT2D eigenvalue weighted by Gasteiger charge is -2.42. The molecule has 1 fully saturated rings. The minimum absolute atomic E-state index is 0.0998. The van der Waals surface area contributed by atoms with Gasteiger partial charge in [-0.2, -0.15) is 0 Å². The van der Waals surface area contributed by atoms with Gasteiger partial charge in [0.2, 0.25) is 5.91 Å². The first-order valence-electron chi connectivity index (χ1n) is 13.7. The van der Waals surface area contributed by atoms with Gasteiger partial charge in [-0.05, 0) is 36.8 Å². The standard InChI is InChI=1S/C30H33ClFN7O3/c1-20-3-6-23(7-4-20)42-14-11-33-28(40)16-22-19-39(27-17-26(31)36-30(37-27)29-34-9-10-35-29)13-12-38(22)18-21-5-8-25(41-2)24(32)15-21/h3-10,15,17,22H,11-14,16,18-19H2,1-2H3,(H,33,40)(H,34,35). The molecule has 2 N–H and O–H groups in total. The summed E-state index contributed by atoms with van der Waals surface area (Å²) in [6.45, 7) is 4.99. The minimum atomic E-state index is -0.419.